The highest BCUT2D eigenvalue weighted by molar-refractivity contribution is 6.36. The average Bonchev–Trinajstić information content (AvgIpc) is 2.07. The summed E-state index contributed by atoms with van der Waals surface area (Å²) in [6.45, 7) is 0. The number of nitrogens with zero attached hydrogens (tertiary/aromatic N) is 1. The van der Waals surface area contributed by atoms with Gasteiger partial charge in [0.2, 0.25) is 0 Å². The Kier molecular flexibility index (Phi) is 3.29. The summed E-state index contributed by atoms with van der Waals surface area (Å²) in [6, 6.07) is 5.36. The molecule has 1 N–H and O–H groups in total. The van der Waals surface area contributed by atoms with Crippen molar-refractivity contribution in [3.05, 3.63) is 34.9 Å². The first-order valence-electron chi connectivity index (χ1n) is 3.50. The van der Waals surface area contributed by atoms with Gasteiger partial charge in [0.15, 0.2) is 5.71 Å². The Labute approximate surface area is 88.7 Å². The SMILES string of the molecule is ON=C(c1ccc(Cl)cc1)C(F)(F)Cl. The van der Waals surface area contributed by atoms with Gasteiger partial charge in [0.05, 0.1) is 0 Å². The van der Waals surface area contributed by atoms with Crippen LogP contribution in [0.2, 0.25) is 5.02 Å². The first-order valence-corrected chi connectivity index (χ1v) is 4.26. The monoisotopic (exact) mass is 239 g/mol. The van der Waals surface area contributed by atoms with Gasteiger partial charge in [-0.1, -0.05) is 28.9 Å². The predicted molar refractivity (Wildman–Crippen MR) is 50.6 cm³/mol. The third-order valence-electron chi connectivity index (χ3n) is 1.49. The van der Waals surface area contributed by atoms with Crippen molar-refractivity contribution in [1.82, 2.24) is 0 Å². The highest BCUT2D eigenvalue weighted by atomic mass is 35.5. The van der Waals surface area contributed by atoms with Crippen LogP contribution in [0.3, 0.4) is 0 Å². The van der Waals surface area contributed by atoms with Gasteiger partial charge in [-0.05, 0) is 23.7 Å². The molecule has 76 valence electrons. The van der Waals surface area contributed by atoms with Crippen molar-refractivity contribution in [2.45, 2.75) is 5.38 Å². The van der Waals surface area contributed by atoms with Crippen LogP contribution in [-0.4, -0.2) is 16.3 Å². The molecule has 0 spiro atoms. The summed E-state index contributed by atoms with van der Waals surface area (Å²) in [4.78, 5) is 0. The van der Waals surface area contributed by atoms with E-state index >= 15 is 0 Å². The molecule has 0 aromatic heterocycles. The molecule has 0 heterocycles. The van der Waals surface area contributed by atoms with E-state index in [1.807, 2.05) is 0 Å². The topological polar surface area (TPSA) is 32.6 Å². The molecule has 0 unspecified atom stereocenters. The number of hydrogen-bond donors (Lipinski definition) is 1. The summed E-state index contributed by atoms with van der Waals surface area (Å²) < 4.78 is 25.2. The van der Waals surface area contributed by atoms with E-state index in [-0.39, 0.29) is 5.56 Å². The summed E-state index contributed by atoms with van der Waals surface area (Å²) in [7, 11) is 0. The van der Waals surface area contributed by atoms with Crippen LogP contribution in [0.15, 0.2) is 29.4 Å². The van der Waals surface area contributed by atoms with E-state index < -0.39 is 11.1 Å². The fourth-order valence-corrected chi connectivity index (χ4v) is 1.16. The zero-order valence-electron chi connectivity index (χ0n) is 6.72. The van der Waals surface area contributed by atoms with Gasteiger partial charge in [-0.2, -0.15) is 8.78 Å². The maximum absolute atomic E-state index is 12.6. The van der Waals surface area contributed by atoms with Crippen LogP contribution in [0.25, 0.3) is 0 Å². The number of rotatable bonds is 2. The number of alkyl halides is 3. The first-order chi connectivity index (χ1) is 6.45. The van der Waals surface area contributed by atoms with Gasteiger partial charge in [0, 0.05) is 10.6 Å². The van der Waals surface area contributed by atoms with Crippen molar-refractivity contribution in [2.24, 2.45) is 5.16 Å². The minimum atomic E-state index is -3.71. The smallest absolute Gasteiger partial charge is 0.368 e. The minimum Gasteiger partial charge on any atom is -0.410 e. The van der Waals surface area contributed by atoms with E-state index in [9.17, 15) is 8.78 Å². The molecule has 1 rings (SSSR count). The van der Waals surface area contributed by atoms with Crippen LogP contribution in [0.4, 0.5) is 8.78 Å². The van der Waals surface area contributed by atoms with E-state index in [1.54, 1.807) is 0 Å². The van der Waals surface area contributed by atoms with E-state index in [0.29, 0.717) is 5.02 Å². The van der Waals surface area contributed by atoms with Gasteiger partial charge in [-0.15, -0.1) is 0 Å². The van der Waals surface area contributed by atoms with E-state index in [2.05, 4.69) is 5.16 Å². The molecule has 1 aromatic rings. The van der Waals surface area contributed by atoms with Crippen LogP contribution < -0.4 is 0 Å². The number of benzene rings is 1. The molecule has 0 radical (unpaired) electrons. The Hall–Kier alpha value is -0.870. The molecular formula is C8H5Cl2F2NO. The summed E-state index contributed by atoms with van der Waals surface area (Å²) >= 11 is 10.3. The molecule has 0 atom stereocenters. The van der Waals surface area contributed by atoms with E-state index in [1.165, 1.54) is 24.3 Å². The lowest BCUT2D eigenvalue weighted by molar-refractivity contribution is 0.168. The summed E-state index contributed by atoms with van der Waals surface area (Å²) in [6.07, 6.45) is 0. The molecule has 0 bridgehead atoms. The second-order valence-electron chi connectivity index (χ2n) is 2.45. The molecule has 6 heteroatoms. The molecule has 0 fully saturated rings. The third kappa shape index (κ3) is 2.56. The second kappa shape index (κ2) is 4.11. The molecule has 0 amide bonds. The lowest BCUT2D eigenvalue weighted by Gasteiger charge is -2.09. The van der Waals surface area contributed by atoms with E-state index in [4.69, 9.17) is 28.4 Å². The lowest BCUT2D eigenvalue weighted by atomic mass is 10.1. The minimum absolute atomic E-state index is 0.0110. The summed E-state index contributed by atoms with van der Waals surface area (Å²) in [5.74, 6) is 0. The third-order valence-corrected chi connectivity index (χ3v) is 1.92. The molecule has 0 aliphatic carbocycles. The quantitative estimate of drug-likeness (QED) is 0.365. The maximum atomic E-state index is 12.6. The summed E-state index contributed by atoms with van der Waals surface area (Å²) in [5.41, 5.74) is -0.896. The standard InChI is InChI=1S/C8H5Cl2F2NO/c9-6-3-1-5(2-4-6)7(13-14)8(10,11)12/h1-4,14H. The van der Waals surface area contributed by atoms with Gasteiger partial charge >= 0.3 is 5.38 Å². The number of halogens is 4. The number of hydrogen-bond acceptors (Lipinski definition) is 2. The first kappa shape index (κ1) is 11.2. The zero-order chi connectivity index (χ0) is 10.8. The Morgan fingerprint density at radius 1 is 1.29 bits per heavy atom. The van der Waals surface area contributed by atoms with Crippen LogP contribution in [-0.2, 0) is 0 Å². The van der Waals surface area contributed by atoms with Gasteiger partial charge in [-0.25, -0.2) is 0 Å². The molecular weight excluding hydrogens is 235 g/mol. The predicted octanol–water partition coefficient (Wildman–Crippen LogP) is 3.35. The lowest BCUT2D eigenvalue weighted by Crippen LogP contribution is -2.22. The highest BCUT2D eigenvalue weighted by Crippen LogP contribution is 2.25. The zero-order valence-corrected chi connectivity index (χ0v) is 8.23. The fourth-order valence-electron chi connectivity index (χ4n) is 0.886. The molecule has 0 saturated heterocycles. The normalized spacial score (nSPS) is 13.0. The van der Waals surface area contributed by atoms with Gasteiger partial charge in [-0.3, -0.25) is 0 Å². The van der Waals surface area contributed by atoms with Crippen molar-refractivity contribution in [2.75, 3.05) is 0 Å². The van der Waals surface area contributed by atoms with Crippen LogP contribution in [0.1, 0.15) is 5.56 Å². The van der Waals surface area contributed by atoms with Crippen LogP contribution in [0.5, 0.6) is 0 Å². The molecule has 0 aliphatic heterocycles. The second-order valence-corrected chi connectivity index (χ2v) is 3.36. The molecule has 0 saturated carbocycles. The van der Waals surface area contributed by atoms with Crippen LogP contribution >= 0.6 is 23.2 Å². The van der Waals surface area contributed by atoms with Crippen molar-refractivity contribution < 1.29 is 14.0 Å². The largest absolute Gasteiger partial charge is 0.410 e. The van der Waals surface area contributed by atoms with Crippen molar-refractivity contribution >= 4 is 28.9 Å². The fraction of sp³-hybridized carbons (Fsp3) is 0.125. The van der Waals surface area contributed by atoms with Crippen molar-refractivity contribution in [3.8, 4) is 0 Å². The van der Waals surface area contributed by atoms with Crippen molar-refractivity contribution in [3.63, 3.8) is 0 Å². The molecule has 14 heavy (non-hydrogen) atoms. The van der Waals surface area contributed by atoms with Crippen LogP contribution in [0, 0.1) is 0 Å². The van der Waals surface area contributed by atoms with E-state index in [0.717, 1.165) is 0 Å². The summed E-state index contributed by atoms with van der Waals surface area (Å²) in [5, 5.41) is 7.51. The van der Waals surface area contributed by atoms with Gasteiger partial charge < -0.3 is 5.21 Å². The molecule has 0 aliphatic rings. The van der Waals surface area contributed by atoms with Gasteiger partial charge in [0.1, 0.15) is 0 Å². The highest BCUT2D eigenvalue weighted by Gasteiger charge is 2.34. The Morgan fingerprint density at radius 3 is 2.14 bits per heavy atom. The van der Waals surface area contributed by atoms with Crippen molar-refractivity contribution in [1.29, 1.82) is 0 Å². The van der Waals surface area contributed by atoms with Gasteiger partial charge in [0.25, 0.3) is 0 Å². The average molecular weight is 240 g/mol. The maximum Gasteiger partial charge on any atom is 0.368 e. The molecule has 1 aromatic carbocycles. The Morgan fingerprint density at radius 2 is 1.79 bits per heavy atom. The Balaban J connectivity index is 3.10. The number of oxime groups is 1. The Bertz CT molecular complexity index is 345. The molecule has 2 nitrogen and oxygen atoms in total.